The quantitative estimate of drug-likeness (QED) is 0.757. The minimum Gasteiger partial charge on any atom is -0.486 e. The van der Waals surface area contributed by atoms with Crippen LogP contribution in [0.4, 0.5) is 5.00 Å². The van der Waals surface area contributed by atoms with Crippen molar-refractivity contribution in [3.05, 3.63) is 39.8 Å². The van der Waals surface area contributed by atoms with E-state index < -0.39 is 17.8 Å². The van der Waals surface area contributed by atoms with E-state index in [2.05, 4.69) is 5.32 Å². The Morgan fingerprint density at radius 1 is 1.22 bits per heavy atom. The molecule has 3 N–H and O–H groups in total. The summed E-state index contributed by atoms with van der Waals surface area (Å²) in [5.74, 6) is -0.740. The number of fused-ring (bicyclic) bond motifs is 1. The van der Waals surface area contributed by atoms with E-state index in [1.54, 1.807) is 32.0 Å². The zero-order valence-electron chi connectivity index (χ0n) is 14.8. The highest BCUT2D eigenvalue weighted by molar-refractivity contribution is 7.18. The number of ether oxygens (including phenoxy) is 3. The third kappa shape index (κ3) is 3.72. The second-order valence-corrected chi connectivity index (χ2v) is 6.68. The van der Waals surface area contributed by atoms with E-state index in [1.807, 2.05) is 0 Å². The zero-order chi connectivity index (χ0) is 19.6. The summed E-state index contributed by atoms with van der Waals surface area (Å²) in [5, 5.41) is 2.84. The Kier molecular flexibility index (Phi) is 5.31. The molecular weight excluding hydrogens is 372 g/mol. The van der Waals surface area contributed by atoms with Crippen molar-refractivity contribution in [2.45, 2.75) is 13.8 Å². The molecule has 2 amide bonds. The second kappa shape index (κ2) is 7.67. The van der Waals surface area contributed by atoms with Crippen LogP contribution in [0.1, 0.15) is 42.9 Å². The van der Waals surface area contributed by atoms with E-state index >= 15 is 0 Å². The number of primary amides is 1. The van der Waals surface area contributed by atoms with Crippen molar-refractivity contribution in [2.24, 2.45) is 5.73 Å². The van der Waals surface area contributed by atoms with Crippen LogP contribution < -0.4 is 20.5 Å². The molecule has 0 spiro atoms. The average Bonchev–Trinajstić information content (AvgIpc) is 2.97. The van der Waals surface area contributed by atoms with Gasteiger partial charge in [0.2, 0.25) is 0 Å². The molecule has 2 heterocycles. The van der Waals surface area contributed by atoms with Crippen molar-refractivity contribution in [3.63, 3.8) is 0 Å². The molecule has 8 nitrogen and oxygen atoms in total. The van der Waals surface area contributed by atoms with Gasteiger partial charge in [0.05, 0.1) is 12.2 Å². The van der Waals surface area contributed by atoms with E-state index in [4.69, 9.17) is 19.9 Å². The first-order valence-electron chi connectivity index (χ1n) is 8.23. The van der Waals surface area contributed by atoms with Crippen LogP contribution in [-0.4, -0.2) is 37.6 Å². The minimum atomic E-state index is -0.739. The molecule has 1 aliphatic rings. The normalized spacial score (nSPS) is 12.4. The third-order valence-electron chi connectivity index (χ3n) is 3.89. The monoisotopic (exact) mass is 390 g/mol. The molecule has 27 heavy (non-hydrogen) atoms. The van der Waals surface area contributed by atoms with Crippen molar-refractivity contribution >= 4 is 34.1 Å². The lowest BCUT2D eigenvalue weighted by Crippen LogP contribution is -2.19. The van der Waals surface area contributed by atoms with Crippen LogP contribution in [0.5, 0.6) is 11.5 Å². The van der Waals surface area contributed by atoms with Crippen molar-refractivity contribution in [3.8, 4) is 11.5 Å². The number of rotatable bonds is 5. The summed E-state index contributed by atoms with van der Waals surface area (Å²) in [5.41, 5.74) is 6.22. The number of thiophene rings is 1. The van der Waals surface area contributed by atoms with E-state index in [1.165, 1.54) is 0 Å². The molecule has 0 unspecified atom stereocenters. The van der Waals surface area contributed by atoms with Crippen LogP contribution in [0.15, 0.2) is 18.2 Å². The Bertz CT molecular complexity index is 921. The predicted octanol–water partition coefficient (Wildman–Crippen LogP) is 2.36. The first kappa shape index (κ1) is 18.7. The molecule has 1 aliphatic heterocycles. The predicted molar refractivity (Wildman–Crippen MR) is 98.9 cm³/mol. The Hall–Kier alpha value is -3.07. The lowest BCUT2D eigenvalue weighted by atomic mass is 10.1. The van der Waals surface area contributed by atoms with Gasteiger partial charge in [-0.05, 0) is 37.6 Å². The fraction of sp³-hybridized carbons (Fsp3) is 0.278. The van der Waals surface area contributed by atoms with Gasteiger partial charge >= 0.3 is 5.97 Å². The van der Waals surface area contributed by atoms with Gasteiger partial charge in [0.1, 0.15) is 23.1 Å². The summed E-state index contributed by atoms with van der Waals surface area (Å²) >= 11 is 0.951. The average molecular weight is 390 g/mol. The maximum absolute atomic E-state index is 12.6. The Morgan fingerprint density at radius 3 is 2.59 bits per heavy atom. The van der Waals surface area contributed by atoms with Crippen LogP contribution in [0.25, 0.3) is 0 Å². The van der Waals surface area contributed by atoms with Gasteiger partial charge in [-0.3, -0.25) is 9.59 Å². The SMILES string of the molecule is CCOC(=O)c1sc(NC(=O)c2ccc3c(c2)OCCO3)c(C(N)=O)c1C. The molecule has 0 saturated carbocycles. The summed E-state index contributed by atoms with van der Waals surface area (Å²) in [6, 6.07) is 4.78. The van der Waals surface area contributed by atoms with Gasteiger partial charge < -0.3 is 25.3 Å². The number of anilines is 1. The molecule has 0 fully saturated rings. The third-order valence-corrected chi connectivity index (χ3v) is 5.07. The number of amides is 2. The van der Waals surface area contributed by atoms with Gasteiger partial charge in [-0.2, -0.15) is 0 Å². The zero-order valence-corrected chi connectivity index (χ0v) is 15.6. The van der Waals surface area contributed by atoms with E-state index in [-0.39, 0.29) is 22.0 Å². The van der Waals surface area contributed by atoms with Gasteiger partial charge in [-0.25, -0.2) is 4.79 Å². The number of hydrogen-bond acceptors (Lipinski definition) is 7. The number of hydrogen-bond donors (Lipinski definition) is 2. The van der Waals surface area contributed by atoms with Crippen molar-refractivity contribution in [1.82, 2.24) is 0 Å². The van der Waals surface area contributed by atoms with Crippen molar-refractivity contribution < 1.29 is 28.6 Å². The number of nitrogens with one attached hydrogen (secondary N) is 1. The van der Waals surface area contributed by atoms with Gasteiger partial charge in [-0.15, -0.1) is 11.3 Å². The molecule has 1 aromatic heterocycles. The van der Waals surface area contributed by atoms with Crippen LogP contribution in [0.2, 0.25) is 0 Å². The molecule has 0 aliphatic carbocycles. The van der Waals surface area contributed by atoms with Gasteiger partial charge in [0, 0.05) is 5.56 Å². The summed E-state index contributed by atoms with van der Waals surface area (Å²) in [7, 11) is 0. The van der Waals surface area contributed by atoms with E-state index in [0.29, 0.717) is 35.8 Å². The lowest BCUT2D eigenvalue weighted by Gasteiger charge is -2.18. The fourth-order valence-electron chi connectivity index (χ4n) is 2.65. The second-order valence-electron chi connectivity index (χ2n) is 5.66. The first-order chi connectivity index (χ1) is 12.9. The molecule has 0 bridgehead atoms. The maximum Gasteiger partial charge on any atom is 0.348 e. The highest BCUT2D eigenvalue weighted by Gasteiger charge is 2.25. The number of carbonyl (C=O) groups excluding carboxylic acids is 3. The first-order valence-corrected chi connectivity index (χ1v) is 9.05. The molecule has 3 rings (SSSR count). The summed E-state index contributed by atoms with van der Waals surface area (Å²) < 4.78 is 15.9. The van der Waals surface area contributed by atoms with Crippen LogP contribution in [0.3, 0.4) is 0 Å². The molecule has 2 aromatic rings. The number of carbonyl (C=O) groups is 3. The molecular formula is C18H18N2O6S. The van der Waals surface area contributed by atoms with Crippen LogP contribution >= 0.6 is 11.3 Å². The largest absolute Gasteiger partial charge is 0.486 e. The van der Waals surface area contributed by atoms with Crippen LogP contribution in [-0.2, 0) is 4.74 Å². The molecule has 1 aromatic carbocycles. The molecule has 0 atom stereocenters. The topological polar surface area (TPSA) is 117 Å². The number of esters is 1. The summed E-state index contributed by atoms with van der Waals surface area (Å²) in [6.45, 7) is 4.31. The smallest absolute Gasteiger partial charge is 0.348 e. The van der Waals surface area contributed by atoms with Gasteiger partial charge in [0.25, 0.3) is 11.8 Å². The number of benzene rings is 1. The van der Waals surface area contributed by atoms with Crippen molar-refractivity contribution in [2.75, 3.05) is 25.1 Å². The van der Waals surface area contributed by atoms with E-state index in [9.17, 15) is 14.4 Å². The lowest BCUT2D eigenvalue weighted by molar-refractivity contribution is 0.0531. The highest BCUT2D eigenvalue weighted by Crippen LogP contribution is 2.35. The fourth-order valence-corrected chi connectivity index (χ4v) is 3.75. The molecule has 9 heteroatoms. The molecule has 0 saturated heterocycles. The van der Waals surface area contributed by atoms with Crippen LogP contribution in [0, 0.1) is 6.92 Å². The van der Waals surface area contributed by atoms with E-state index in [0.717, 1.165) is 11.3 Å². The summed E-state index contributed by atoms with van der Waals surface area (Å²) in [4.78, 5) is 36.7. The standard InChI is InChI=1S/C18H18N2O6S/c1-3-24-18(23)14-9(2)13(15(19)21)17(27-14)20-16(22)10-4-5-11-12(8-10)26-7-6-25-11/h4-5,8H,3,6-7H2,1-2H3,(H2,19,21)(H,20,22). The maximum atomic E-state index is 12.6. The Labute approximate surface area is 159 Å². The molecule has 142 valence electrons. The van der Waals surface area contributed by atoms with Crippen molar-refractivity contribution in [1.29, 1.82) is 0 Å². The minimum absolute atomic E-state index is 0.0916. The van der Waals surface area contributed by atoms with Gasteiger partial charge in [0.15, 0.2) is 11.5 Å². The summed E-state index contributed by atoms with van der Waals surface area (Å²) in [6.07, 6.45) is 0. The Morgan fingerprint density at radius 2 is 1.93 bits per heavy atom. The van der Waals surface area contributed by atoms with Gasteiger partial charge in [-0.1, -0.05) is 0 Å². The Balaban J connectivity index is 1.90. The molecule has 0 radical (unpaired) electrons. The highest BCUT2D eigenvalue weighted by atomic mass is 32.1. The number of nitrogens with two attached hydrogens (primary N) is 1.